The van der Waals surface area contributed by atoms with Crippen LogP contribution in [0.4, 0.5) is 0 Å². The van der Waals surface area contributed by atoms with Crippen molar-refractivity contribution >= 4 is 6.29 Å². The molecule has 1 N–H and O–H groups in total. The minimum Gasteiger partial charge on any atom is -0.307 e. The van der Waals surface area contributed by atoms with Gasteiger partial charge in [-0.1, -0.05) is 30.3 Å². The van der Waals surface area contributed by atoms with Crippen molar-refractivity contribution in [1.29, 1.82) is 0 Å². The van der Waals surface area contributed by atoms with Gasteiger partial charge in [0.05, 0.1) is 6.04 Å². The predicted octanol–water partition coefficient (Wildman–Crippen LogP) is 1.41. The zero-order chi connectivity index (χ0) is 9.80. The maximum absolute atomic E-state index is 10.5. The molecule has 0 aliphatic carbocycles. The van der Waals surface area contributed by atoms with Gasteiger partial charge in [0.1, 0.15) is 6.29 Å². The molecule has 2 rings (SSSR count). The summed E-state index contributed by atoms with van der Waals surface area (Å²) in [6, 6.07) is 10.5. The van der Waals surface area contributed by atoms with Gasteiger partial charge in [-0.25, -0.2) is 0 Å². The molecule has 0 amide bonds. The van der Waals surface area contributed by atoms with Gasteiger partial charge in [-0.3, -0.25) is 0 Å². The van der Waals surface area contributed by atoms with Crippen LogP contribution in [0.15, 0.2) is 30.3 Å². The summed E-state index contributed by atoms with van der Waals surface area (Å²) in [5.74, 6) is 0.618. The highest BCUT2D eigenvalue weighted by molar-refractivity contribution is 5.58. The third-order valence-corrected chi connectivity index (χ3v) is 2.79. The molecule has 1 aliphatic rings. The summed E-state index contributed by atoms with van der Waals surface area (Å²) in [7, 11) is 0. The Kier molecular flexibility index (Phi) is 2.94. The van der Waals surface area contributed by atoms with Gasteiger partial charge in [-0.2, -0.15) is 0 Å². The Morgan fingerprint density at radius 2 is 2.14 bits per heavy atom. The fourth-order valence-corrected chi connectivity index (χ4v) is 2.05. The molecular formula is C12H15NO. The first kappa shape index (κ1) is 9.41. The van der Waals surface area contributed by atoms with Crippen LogP contribution in [0.3, 0.4) is 0 Å². The standard InChI is InChI=1S/C12H15NO/c14-9-12-7-11(8-13-12)6-10-4-2-1-3-5-10/h1-5,9,11-13H,6-8H2/t11-,12-/m0/s1. The van der Waals surface area contributed by atoms with Gasteiger partial charge in [0.25, 0.3) is 0 Å². The summed E-state index contributed by atoms with van der Waals surface area (Å²) in [5.41, 5.74) is 1.37. The summed E-state index contributed by atoms with van der Waals surface area (Å²) in [6.45, 7) is 0.971. The lowest BCUT2D eigenvalue weighted by atomic mass is 9.97. The van der Waals surface area contributed by atoms with Gasteiger partial charge in [0, 0.05) is 0 Å². The van der Waals surface area contributed by atoms with Gasteiger partial charge in [0.2, 0.25) is 0 Å². The van der Waals surface area contributed by atoms with Crippen molar-refractivity contribution in [3.8, 4) is 0 Å². The lowest BCUT2D eigenvalue weighted by Crippen LogP contribution is -2.22. The molecule has 2 heteroatoms. The summed E-state index contributed by atoms with van der Waals surface area (Å²) >= 11 is 0. The van der Waals surface area contributed by atoms with Crippen molar-refractivity contribution in [2.75, 3.05) is 6.54 Å². The fourth-order valence-electron chi connectivity index (χ4n) is 2.05. The van der Waals surface area contributed by atoms with Crippen molar-refractivity contribution in [1.82, 2.24) is 5.32 Å². The Morgan fingerprint density at radius 1 is 1.36 bits per heavy atom. The maximum Gasteiger partial charge on any atom is 0.136 e. The molecule has 0 bridgehead atoms. The van der Waals surface area contributed by atoms with Gasteiger partial charge in [0.15, 0.2) is 0 Å². The van der Waals surface area contributed by atoms with E-state index in [4.69, 9.17) is 0 Å². The summed E-state index contributed by atoms with van der Waals surface area (Å²) in [5, 5.41) is 3.21. The third-order valence-electron chi connectivity index (χ3n) is 2.79. The molecule has 1 aromatic carbocycles. The summed E-state index contributed by atoms with van der Waals surface area (Å²) in [6.07, 6.45) is 3.08. The Labute approximate surface area is 84.3 Å². The van der Waals surface area contributed by atoms with Crippen LogP contribution < -0.4 is 5.32 Å². The fraction of sp³-hybridized carbons (Fsp3) is 0.417. The Morgan fingerprint density at radius 3 is 2.79 bits per heavy atom. The molecule has 2 nitrogen and oxygen atoms in total. The normalized spacial score (nSPS) is 26.3. The van der Waals surface area contributed by atoms with E-state index >= 15 is 0 Å². The SMILES string of the molecule is O=C[C@@H]1C[C@H](Cc2ccccc2)CN1. The van der Waals surface area contributed by atoms with Crippen molar-refractivity contribution in [2.45, 2.75) is 18.9 Å². The van der Waals surface area contributed by atoms with E-state index in [0.717, 1.165) is 25.7 Å². The van der Waals surface area contributed by atoms with E-state index in [-0.39, 0.29) is 6.04 Å². The van der Waals surface area contributed by atoms with Gasteiger partial charge in [-0.15, -0.1) is 0 Å². The highest BCUT2D eigenvalue weighted by Gasteiger charge is 2.23. The zero-order valence-electron chi connectivity index (χ0n) is 8.15. The second-order valence-corrected chi connectivity index (χ2v) is 3.94. The Balaban J connectivity index is 1.90. The molecule has 0 spiro atoms. The number of hydrogen-bond donors (Lipinski definition) is 1. The van der Waals surface area contributed by atoms with Crippen molar-refractivity contribution in [3.05, 3.63) is 35.9 Å². The van der Waals surface area contributed by atoms with Gasteiger partial charge < -0.3 is 10.1 Å². The van der Waals surface area contributed by atoms with Crippen LogP contribution in [0.5, 0.6) is 0 Å². The lowest BCUT2D eigenvalue weighted by Gasteiger charge is -2.07. The van der Waals surface area contributed by atoms with E-state index in [1.807, 2.05) is 6.07 Å². The quantitative estimate of drug-likeness (QED) is 0.728. The van der Waals surface area contributed by atoms with E-state index in [0.29, 0.717) is 5.92 Å². The lowest BCUT2D eigenvalue weighted by molar-refractivity contribution is -0.109. The van der Waals surface area contributed by atoms with E-state index < -0.39 is 0 Å². The minimum absolute atomic E-state index is 0.0868. The second kappa shape index (κ2) is 4.38. The van der Waals surface area contributed by atoms with Crippen LogP contribution in [0.2, 0.25) is 0 Å². The highest BCUT2D eigenvalue weighted by Crippen LogP contribution is 2.17. The number of benzene rings is 1. The van der Waals surface area contributed by atoms with Crippen LogP contribution >= 0.6 is 0 Å². The maximum atomic E-state index is 10.5. The van der Waals surface area contributed by atoms with Crippen molar-refractivity contribution in [3.63, 3.8) is 0 Å². The molecule has 14 heavy (non-hydrogen) atoms. The smallest absolute Gasteiger partial charge is 0.136 e. The molecule has 0 unspecified atom stereocenters. The first-order chi connectivity index (χ1) is 6.88. The summed E-state index contributed by atoms with van der Waals surface area (Å²) in [4.78, 5) is 10.5. The molecule has 2 atom stereocenters. The number of hydrogen-bond acceptors (Lipinski definition) is 2. The average Bonchev–Trinajstić information content (AvgIpc) is 2.67. The largest absolute Gasteiger partial charge is 0.307 e. The molecule has 1 fully saturated rings. The molecule has 0 radical (unpaired) electrons. The molecule has 0 aromatic heterocycles. The van der Waals surface area contributed by atoms with Crippen LogP contribution in [0.25, 0.3) is 0 Å². The second-order valence-electron chi connectivity index (χ2n) is 3.94. The number of carbonyl (C=O) groups excluding carboxylic acids is 1. The highest BCUT2D eigenvalue weighted by atomic mass is 16.1. The Bertz CT molecular complexity index is 296. The topological polar surface area (TPSA) is 29.1 Å². The van der Waals surface area contributed by atoms with Gasteiger partial charge in [-0.05, 0) is 30.9 Å². The molecule has 1 heterocycles. The van der Waals surface area contributed by atoms with Crippen LogP contribution in [0, 0.1) is 5.92 Å². The number of carbonyl (C=O) groups is 1. The third kappa shape index (κ3) is 2.20. The van der Waals surface area contributed by atoms with E-state index in [9.17, 15) is 4.79 Å². The van der Waals surface area contributed by atoms with Crippen LogP contribution in [-0.2, 0) is 11.2 Å². The van der Waals surface area contributed by atoms with E-state index in [2.05, 4.69) is 29.6 Å². The number of aldehydes is 1. The zero-order valence-corrected chi connectivity index (χ0v) is 8.15. The van der Waals surface area contributed by atoms with Crippen LogP contribution in [-0.4, -0.2) is 18.9 Å². The van der Waals surface area contributed by atoms with E-state index in [1.54, 1.807) is 0 Å². The predicted molar refractivity (Wildman–Crippen MR) is 56.1 cm³/mol. The minimum atomic E-state index is 0.0868. The average molecular weight is 189 g/mol. The molecule has 74 valence electrons. The number of nitrogens with one attached hydrogen (secondary N) is 1. The Hall–Kier alpha value is -1.15. The number of rotatable bonds is 3. The molecule has 0 saturated carbocycles. The molecule has 1 aliphatic heterocycles. The van der Waals surface area contributed by atoms with Crippen molar-refractivity contribution < 1.29 is 4.79 Å². The first-order valence-electron chi connectivity index (χ1n) is 5.11. The molecular weight excluding hydrogens is 174 g/mol. The molecule has 1 aromatic rings. The van der Waals surface area contributed by atoms with E-state index in [1.165, 1.54) is 5.56 Å². The summed E-state index contributed by atoms with van der Waals surface area (Å²) < 4.78 is 0. The van der Waals surface area contributed by atoms with Crippen LogP contribution in [0.1, 0.15) is 12.0 Å². The molecule has 1 saturated heterocycles. The monoisotopic (exact) mass is 189 g/mol. The van der Waals surface area contributed by atoms with Gasteiger partial charge >= 0.3 is 0 Å². The van der Waals surface area contributed by atoms with Crippen molar-refractivity contribution in [2.24, 2.45) is 5.92 Å². The first-order valence-corrected chi connectivity index (χ1v) is 5.11.